The number of Topliss-reactive ketones (excluding diaryl/α,β-unsaturated/α-hetero) is 1. The second kappa shape index (κ2) is 2.49. The van der Waals surface area contributed by atoms with E-state index < -0.39 is 0 Å². The first-order valence-corrected chi connectivity index (χ1v) is 3.38. The highest BCUT2D eigenvalue weighted by Crippen LogP contribution is 2.19. The van der Waals surface area contributed by atoms with Crippen molar-refractivity contribution in [3.05, 3.63) is 0 Å². The molecule has 1 rings (SSSR count). The van der Waals surface area contributed by atoms with E-state index in [1.807, 2.05) is 0 Å². The Kier molecular flexibility index (Phi) is 1.90. The molecule has 0 saturated heterocycles. The van der Waals surface area contributed by atoms with Crippen LogP contribution in [-0.2, 0) is 4.79 Å². The first-order valence-electron chi connectivity index (χ1n) is 2.95. The second-order valence-corrected chi connectivity index (χ2v) is 2.83. The summed E-state index contributed by atoms with van der Waals surface area (Å²) < 4.78 is 0. The molecule has 0 aromatic carbocycles. The van der Waals surface area contributed by atoms with Crippen LogP contribution in [0.3, 0.4) is 0 Å². The number of carbonyl (C=O) groups is 1. The fourth-order valence-corrected chi connectivity index (χ4v) is 1.12. The van der Waals surface area contributed by atoms with Crippen LogP contribution in [0.1, 0.15) is 25.7 Å². The number of carbonyl (C=O) groups excluding carboxylic acids is 1. The molecule has 1 fully saturated rings. The van der Waals surface area contributed by atoms with E-state index in [2.05, 4.69) is 0 Å². The minimum absolute atomic E-state index is 0.271. The highest BCUT2D eigenvalue weighted by atomic mass is 35.5. The van der Waals surface area contributed by atoms with E-state index >= 15 is 0 Å². The summed E-state index contributed by atoms with van der Waals surface area (Å²) in [5.41, 5.74) is 0. The molecule has 0 unspecified atom stereocenters. The lowest BCUT2D eigenvalue weighted by atomic mass is 9.99. The lowest BCUT2D eigenvalue weighted by molar-refractivity contribution is -0.120. The van der Waals surface area contributed by atoms with Crippen LogP contribution in [-0.4, -0.2) is 11.2 Å². The summed E-state index contributed by atoms with van der Waals surface area (Å²) in [5, 5.41) is 0.271. The maximum atomic E-state index is 10.5. The normalized spacial score (nSPS) is 23.9. The average molecular weight is 133 g/mol. The van der Waals surface area contributed by atoms with Crippen molar-refractivity contribution in [2.75, 3.05) is 0 Å². The van der Waals surface area contributed by atoms with Gasteiger partial charge in [0.2, 0.25) is 0 Å². The van der Waals surface area contributed by atoms with E-state index in [-0.39, 0.29) is 5.38 Å². The van der Waals surface area contributed by atoms with Crippen LogP contribution in [0.15, 0.2) is 0 Å². The van der Waals surface area contributed by atoms with Crippen LogP contribution in [0.5, 0.6) is 0 Å². The van der Waals surface area contributed by atoms with Crippen LogP contribution < -0.4 is 0 Å². The van der Waals surface area contributed by atoms with E-state index in [1.54, 1.807) is 0 Å². The van der Waals surface area contributed by atoms with Crippen molar-refractivity contribution in [1.29, 1.82) is 0 Å². The Balaban J connectivity index is 2.29. The molecule has 0 bridgehead atoms. The highest BCUT2D eigenvalue weighted by Gasteiger charge is 2.15. The van der Waals surface area contributed by atoms with Gasteiger partial charge in [-0.2, -0.15) is 0 Å². The minimum atomic E-state index is 0.271. The van der Waals surface area contributed by atoms with E-state index in [9.17, 15) is 4.79 Å². The quantitative estimate of drug-likeness (QED) is 0.459. The van der Waals surface area contributed by atoms with Crippen molar-refractivity contribution in [2.45, 2.75) is 31.1 Å². The first-order chi connectivity index (χ1) is 3.79. The molecular weight excluding hydrogens is 124 g/mol. The summed E-state index contributed by atoms with van der Waals surface area (Å²) in [7, 11) is 0. The number of halogens is 1. The molecule has 0 radical (unpaired) electrons. The summed E-state index contributed by atoms with van der Waals surface area (Å²) in [6.07, 6.45) is 3.18. The van der Waals surface area contributed by atoms with Gasteiger partial charge in [0.1, 0.15) is 5.78 Å². The zero-order valence-corrected chi connectivity index (χ0v) is 5.45. The Morgan fingerprint density at radius 3 is 2.25 bits per heavy atom. The van der Waals surface area contributed by atoms with Gasteiger partial charge in [0.15, 0.2) is 0 Å². The number of ketones is 1. The molecule has 0 amide bonds. The minimum Gasteiger partial charge on any atom is -0.300 e. The number of hydrogen-bond acceptors (Lipinski definition) is 1. The van der Waals surface area contributed by atoms with Crippen molar-refractivity contribution >= 4 is 17.4 Å². The lowest BCUT2D eigenvalue weighted by Crippen LogP contribution is -2.12. The SMILES string of the molecule is O=C1CCC(Cl)CC1. The fraction of sp³-hybridized carbons (Fsp3) is 0.833. The van der Waals surface area contributed by atoms with Gasteiger partial charge < -0.3 is 0 Å². The van der Waals surface area contributed by atoms with Crippen molar-refractivity contribution in [2.24, 2.45) is 0 Å². The first kappa shape index (κ1) is 6.09. The summed E-state index contributed by atoms with van der Waals surface area (Å²) >= 11 is 5.73. The van der Waals surface area contributed by atoms with Gasteiger partial charge in [0.05, 0.1) is 0 Å². The molecule has 0 aliphatic heterocycles. The summed E-state index contributed by atoms with van der Waals surface area (Å²) in [6.45, 7) is 0. The van der Waals surface area contributed by atoms with E-state index in [1.165, 1.54) is 0 Å². The van der Waals surface area contributed by atoms with E-state index in [0.717, 1.165) is 12.8 Å². The molecule has 1 aliphatic carbocycles. The van der Waals surface area contributed by atoms with Gasteiger partial charge in [-0.15, -0.1) is 11.6 Å². The molecule has 1 nitrogen and oxygen atoms in total. The summed E-state index contributed by atoms with van der Waals surface area (Å²) in [4.78, 5) is 10.5. The molecule has 46 valence electrons. The van der Waals surface area contributed by atoms with Crippen molar-refractivity contribution < 1.29 is 4.79 Å². The van der Waals surface area contributed by atoms with Crippen molar-refractivity contribution in [3.63, 3.8) is 0 Å². The van der Waals surface area contributed by atoms with Gasteiger partial charge in [-0.05, 0) is 12.8 Å². The molecular formula is C6H9ClO. The monoisotopic (exact) mass is 132 g/mol. The lowest BCUT2D eigenvalue weighted by Gasteiger charge is -2.12. The Labute approximate surface area is 54.0 Å². The van der Waals surface area contributed by atoms with Crippen LogP contribution in [0.4, 0.5) is 0 Å². The van der Waals surface area contributed by atoms with Gasteiger partial charge >= 0.3 is 0 Å². The molecule has 8 heavy (non-hydrogen) atoms. The molecule has 0 aromatic rings. The predicted octanol–water partition coefficient (Wildman–Crippen LogP) is 1.74. The fourth-order valence-electron chi connectivity index (χ4n) is 0.905. The Morgan fingerprint density at radius 2 is 1.88 bits per heavy atom. The van der Waals surface area contributed by atoms with E-state index in [0.29, 0.717) is 18.6 Å². The van der Waals surface area contributed by atoms with Gasteiger partial charge in [-0.25, -0.2) is 0 Å². The molecule has 0 atom stereocenters. The number of hydrogen-bond donors (Lipinski definition) is 0. The standard InChI is InChI=1S/C6H9ClO/c7-5-1-3-6(8)4-2-5/h5H,1-4H2. The van der Waals surface area contributed by atoms with Gasteiger partial charge in [0, 0.05) is 18.2 Å². The van der Waals surface area contributed by atoms with Gasteiger partial charge in [-0.1, -0.05) is 0 Å². The number of rotatable bonds is 0. The zero-order valence-electron chi connectivity index (χ0n) is 4.69. The topological polar surface area (TPSA) is 17.1 Å². The molecule has 1 saturated carbocycles. The Bertz CT molecular complexity index is 90.7. The molecule has 0 spiro atoms. The molecule has 0 heterocycles. The third-order valence-corrected chi connectivity index (χ3v) is 1.91. The Morgan fingerprint density at radius 1 is 1.38 bits per heavy atom. The van der Waals surface area contributed by atoms with Crippen LogP contribution >= 0.6 is 11.6 Å². The average Bonchev–Trinajstić information content (AvgIpc) is 1.77. The molecule has 1 aliphatic rings. The predicted molar refractivity (Wildman–Crippen MR) is 33.1 cm³/mol. The highest BCUT2D eigenvalue weighted by molar-refractivity contribution is 6.21. The maximum Gasteiger partial charge on any atom is 0.133 e. The van der Waals surface area contributed by atoms with Gasteiger partial charge in [-0.3, -0.25) is 4.79 Å². The Hall–Kier alpha value is -0.0400. The molecule has 0 N–H and O–H groups in total. The smallest absolute Gasteiger partial charge is 0.133 e. The van der Waals surface area contributed by atoms with Crippen molar-refractivity contribution in [1.82, 2.24) is 0 Å². The van der Waals surface area contributed by atoms with Crippen LogP contribution in [0.2, 0.25) is 0 Å². The third-order valence-electron chi connectivity index (χ3n) is 1.47. The number of alkyl halides is 1. The second-order valence-electron chi connectivity index (χ2n) is 2.21. The largest absolute Gasteiger partial charge is 0.300 e. The van der Waals surface area contributed by atoms with Crippen LogP contribution in [0, 0.1) is 0 Å². The summed E-state index contributed by atoms with van der Waals surface area (Å²) in [6, 6.07) is 0. The third kappa shape index (κ3) is 1.48. The van der Waals surface area contributed by atoms with Gasteiger partial charge in [0.25, 0.3) is 0 Å². The maximum absolute atomic E-state index is 10.5. The summed E-state index contributed by atoms with van der Waals surface area (Å²) in [5.74, 6) is 0.377. The van der Waals surface area contributed by atoms with Crippen molar-refractivity contribution in [3.8, 4) is 0 Å². The molecule has 0 aromatic heterocycles. The molecule has 2 heteroatoms. The zero-order chi connectivity index (χ0) is 5.98. The van der Waals surface area contributed by atoms with E-state index in [4.69, 9.17) is 11.6 Å². The van der Waals surface area contributed by atoms with Crippen LogP contribution in [0.25, 0.3) is 0 Å².